The number of anilines is 2. The summed E-state index contributed by atoms with van der Waals surface area (Å²) in [4.78, 5) is 14.8. The first kappa shape index (κ1) is 17.2. The Hall–Kier alpha value is -3.24. The molecule has 3 aromatic carbocycles. The van der Waals surface area contributed by atoms with Crippen molar-refractivity contribution in [1.82, 2.24) is 0 Å². The number of fused-ring (bicyclic) bond motifs is 1. The van der Waals surface area contributed by atoms with Gasteiger partial charge in [-0.2, -0.15) is 0 Å². The number of nitrogen functional groups attached to an aromatic ring is 1. The summed E-state index contributed by atoms with van der Waals surface area (Å²) in [5, 5.41) is 0.638. The first-order valence-corrected chi connectivity index (χ1v) is 8.88. The highest BCUT2D eigenvalue weighted by molar-refractivity contribution is 6.30. The highest BCUT2D eigenvalue weighted by Gasteiger charge is 2.30. The highest BCUT2D eigenvalue weighted by Crippen LogP contribution is 2.38. The Balaban J connectivity index is 1.75. The molecule has 3 aromatic rings. The van der Waals surface area contributed by atoms with Crippen molar-refractivity contribution in [2.45, 2.75) is 6.54 Å². The molecule has 4 rings (SSSR count). The van der Waals surface area contributed by atoms with E-state index in [1.807, 2.05) is 42.5 Å². The van der Waals surface area contributed by atoms with Gasteiger partial charge in [-0.25, -0.2) is 0 Å². The van der Waals surface area contributed by atoms with E-state index in [0.29, 0.717) is 28.7 Å². The zero-order valence-electron chi connectivity index (χ0n) is 14.4. The molecular formula is C22H17ClN2O2. The van der Waals surface area contributed by atoms with Crippen LogP contribution in [0.25, 0.3) is 6.08 Å². The molecule has 1 aliphatic heterocycles. The highest BCUT2D eigenvalue weighted by atomic mass is 35.5. The summed E-state index contributed by atoms with van der Waals surface area (Å²) in [6, 6.07) is 22.3. The second-order valence-electron chi connectivity index (χ2n) is 6.27. The maximum absolute atomic E-state index is 13.1. The molecule has 1 amide bonds. The lowest BCUT2D eigenvalue weighted by atomic mass is 10.1. The number of halogens is 1. The quantitative estimate of drug-likeness (QED) is 0.523. The van der Waals surface area contributed by atoms with E-state index in [4.69, 9.17) is 22.1 Å². The van der Waals surface area contributed by atoms with E-state index >= 15 is 0 Å². The molecule has 134 valence electrons. The van der Waals surface area contributed by atoms with E-state index < -0.39 is 0 Å². The van der Waals surface area contributed by atoms with Gasteiger partial charge < -0.3 is 10.5 Å². The largest absolute Gasteiger partial charge is 0.449 e. The molecule has 0 fully saturated rings. The predicted molar refractivity (Wildman–Crippen MR) is 109 cm³/mol. The first-order chi connectivity index (χ1) is 13.1. The van der Waals surface area contributed by atoms with Crippen LogP contribution in [0, 0.1) is 0 Å². The molecule has 0 saturated carbocycles. The van der Waals surface area contributed by atoms with Crippen molar-refractivity contribution in [3.8, 4) is 5.75 Å². The number of hydrogen-bond donors (Lipinski definition) is 1. The van der Waals surface area contributed by atoms with Crippen molar-refractivity contribution in [1.29, 1.82) is 0 Å². The summed E-state index contributed by atoms with van der Waals surface area (Å²) >= 11 is 5.94. The fourth-order valence-electron chi connectivity index (χ4n) is 2.96. The molecule has 4 nitrogen and oxygen atoms in total. The van der Waals surface area contributed by atoms with Crippen LogP contribution in [-0.2, 0) is 11.3 Å². The van der Waals surface area contributed by atoms with Crippen LogP contribution in [0.1, 0.15) is 11.1 Å². The number of amides is 1. The molecule has 0 bridgehead atoms. The molecule has 0 radical (unpaired) electrons. The van der Waals surface area contributed by atoms with Crippen LogP contribution < -0.4 is 15.4 Å². The van der Waals surface area contributed by atoms with E-state index in [1.54, 1.807) is 41.3 Å². The van der Waals surface area contributed by atoms with Crippen molar-refractivity contribution >= 4 is 35.0 Å². The Labute approximate surface area is 162 Å². The number of carbonyl (C=O) groups is 1. The molecule has 1 heterocycles. The van der Waals surface area contributed by atoms with Gasteiger partial charge in [0.05, 0.1) is 12.2 Å². The van der Waals surface area contributed by atoms with Crippen LogP contribution in [0.15, 0.2) is 78.6 Å². The number of carbonyl (C=O) groups excluding carboxylic acids is 1. The van der Waals surface area contributed by atoms with Crippen LogP contribution in [0.3, 0.4) is 0 Å². The van der Waals surface area contributed by atoms with E-state index in [2.05, 4.69) is 0 Å². The van der Waals surface area contributed by atoms with Crippen LogP contribution in [-0.4, -0.2) is 5.91 Å². The monoisotopic (exact) mass is 376 g/mol. The zero-order valence-corrected chi connectivity index (χ0v) is 15.2. The van der Waals surface area contributed by atoms with Crippen molar-refractivity contribution in [2.75, 3.05) is 10.6 Å². The number of nitrogens with two attached hydrogens (primary N) is 1. The van der Waals surface area contributed by atoms with E-state index in [-0.39, 0.29) is 11.7 Å². The van der Waals surface area contributed by atoms with Crippen LogP contribution in [0.4, 0.5) is 11.4 Å². The molecule has 0 saturated heterocycles. The fraction of sp³-hybridized carbons (Fsp3) is 0.0455. The second kappa shape index (κ2) is 7.17. The number of rotatable bonds is 3. The normalized spacial score (nSPS) is 14.8. The topological polar surface area (TPSA) is 55.6 Å². The van der Waals surface area contributed by atoms with Crippen LogP contribution in [0.2, 0.25) is 5.02 Å². The van der Waals surface area contributed by atoms with Crippen molar-refractivity contribution in [2.24, 2.45) is 0 Å². The molecule has 0 aliphatic carbocycles. The Morgan fingerprint density at radius 2 is 1.74 bits per heavy atom. The van der Waals surface area contributed by atoms with Crippen LogP contribution in [0.5, 0.6) is 5.75 Å². The SMILES string of the molecule is Nc1ccc2c(c1)N(Cc1ccccc1)C(=O)/C(=C\c1ccc(Cl)cc1)O2. The lowest BCUT2D eigenvalue weighted by molar-refractivity contribution is -0.117. The van der Waals surface area contributed by atoms with Gasteiger partial charge in [0.15, 0.2) is 11.5 Å². The Morgan fingerprint density at radius 1 is 1.00 bits per heavy atom. The van der Waals surface area contributed by atoms with Crippen LogP contribution >= 0.6 is 11.6 Å². The van der Waals surface area contributed by atoms with Gasteiger partial charge in [-0.05, 0) is 47.5 Å². The molecule has 0 atom stereocenters. The van der Waals surface area contributed by atoms with Crippen molar-refractivity contribution < 1.29 is 9.53 Å². The molecule has 0 unspecified atom stereocenters. The molecule has 0 spiro atoms. The van der Waals surface area contributed by atoms with E-state index in [1.165, 1.54) is 0 Å². The summed E-state index contributed by atoms with van der Waals surface area (Å²) in [5.74, 6) is 0.636. The van der Waals surface area contributed by atoms with Crippen molar-refractivity contribution in [3.05, 3.63) is 94.7 Å². The van der Waals surface area contributed by atoms with Gasteiger partial charge >= 0.3 is 0 Å². The minimum Gasteiger partial charge on any atom is -0.449 e. The third-order valence-electron chi connectivity index (χ3n) is 4.30. The minimum absolute atomic E-state index is 0.216. The standard InChI is InChI=1S/C22H17ClN2O2/c23-17-8-6-15(7-9-17)12-21-22(26)25(14-16-4-2-1-3-5-16)19-13-18(24)10-11-20(19)27-21/h1-13H,14,24H2/b21-12+. The van der Waals surface area contributed by atoms with Gasteiger partial charge in [0.25, 0.3) is 5.91 Å². The number of ether oxygens (including phenoxy) is 1. The number of benzene rings is 3. The average Bonchev–Trinajstić information content (AvgIpc) is 2.68. The van der Waals surface area contributed by atoms with Gasteiger partial charge in [-0.1, -0.05) is 54.1 Å². The van der Waals surface area contributed by atoms with E-state index in [9.17, 15) is 4.79 Å². The van der Waals surface area contributed by atoms with Crippen molar-refractivity contribution in [3.63, 3.8) is 0 Å². The number of hydrogen-bond acceptors (Lipinski definition) is 3. The maximum atomic E-state index is 13.1. The molecule has 1 aliphatic rings. The second-order valence-corrected chi connectivity index (χ2v) is 6.70. The van der Waals surface area contributed by atoms with Gasteiger partial charge in [0, 0.05) is 10.7 Å². The third-order valence-corrected chi connectivity index (χ3v) is 4.55. The van der Waals surface area contributed by atoms with Gasteiger partial charge in [-0.15, -0.1) is 0 Å². The Bertz CT molecular complexity index is 1010. The molecular weight excluding hydrogens is 360 g/mol. The summed E-state index contributed by atoms with van der Waals surface area (Å²) < 4.78 is 5.88. The fourth-order valence-corrected chi connectivity index (χ4v) is 3.09. The first-order valence-electron chi connectivity index (χ1n) is 8.50. The predicted octanol–water partition coefficient (Wildman–Crippen LogP) is 4.89. The zero-order chi connectivity index (χ0) is 18.8. The van der Waals surface area contributed by atoms with E-state index in [0.717, 1.165) is 11.1 Å². The maximum Gasteiger partial charge on any atom is 0.294 e. The van der Waals surface area contributed by atoms with Gasteiger partial charge in [0.2, 0.25) is 0 Å². The lowest BCUT2D eigenvalue weighted by Gasteiger charge is -2.31. The average molecular weight is 377 g/mol. The van der Waals surface area contributed by atoms with Gasteiger partial charge in [-0.3, -0.25) is 9.69 Å². The Morgan fingerprint density at radius 3 is 2.48 bits per heavy atom. The molecule has 0 aromatic heterocycles. The lowest BCUT2D eigenvalue weighted by Crippen LogP contribution is -2.36. The summed E-state index contributed by atoms with van der Waals surface area (Å²) in [6.07, 6.45) is 1.72. The molecule has 2 N–H and O–H groups in total. The minimum atomic E-state index is -0.216. The summed E-state index contributed by atoms with van der Waals surface area (Å²) in [7, 11) is 0. The van der Waals surface area contributed by atoms with Gasteiger partial charge in [0.1, 0.15) is 0 Å². The Kier molecular flexibility index (Phi) is 4.57. The summed E-state index contributed by atoms with van der Waals surface area (Å²) in [6.45, 7) is 0.428. The summed E-state index contributed by atoms with van der Waals surface area (Å²) in [5.41, 5.74) is 9.03. The molecule has 5 heteroatoms. The molecule has 27 heavy (non-hydrogen) atoms. The number of nitrogens with zero attached hydrogens (tertiary/aromatic N) is 1. The third kappa shape index (κ3) is 3.66. The smallest absolute Gasteiger partial charge is 0.294 e.